The molecule has 0 saturated heterocycles. The number of unbranched alkanes of at least 4 members (excludes halogenated alkanes) is 3. The SMILES string of the molecule is CCCCCCOCC(O)CNCc1ccco1. The highest BCUT2D eigenvalue weighted by atomic mass is 16.5. The maximum atomic E-state index is 9.66. The summed E-state index contributed by atoms with van der Waals surface area (Å²) in [6.07, 6.45) is 5.98. The lowest BCUT2D eigenvalue weighted by molar-refractivity contribution is 0.0351. The zero-order valence-electron chi connectivity index (χ0n) is 11.2. The summed E-state index contributed by atoms with van der Waals surface area (Å²) in [5.74, 6) is 0.877. The van der Waals surface area contributed by atoms with Crippen LogP contribution < -0.4 is 5.32 Å². The molecular weight excluding hydrogens is 230 g/mol. The highest BCUT2D eigenvalue weighted by Crippen LogP contribution is 2.00. The molecule has 2 N–H and O–H groups in total. The van der Waals surface area contributed by atoms with Crippen molar-refractivity contribution in [1.82, 2.24) is 5.32 Å². The van der Waals surface area contributed by atoms with E-state index in [2.05, 4.69) is 12.2 Å². The number of hydrogen-bond acceptors (Lipinski definition) is 4. The normalized spacial score (nSPS) is 12.8. The highest BCUT2D eigenvalue weighted by Gasteiger charge is 2.04. The van der Waals surface area contributed by atoms with E-state index in [-0.39, 0.29) is 0 Å². The second-order valence-electron chi connectivity index (χ2n) is 4.50. The van der Waals surface area contributed by atoms with Crippen molar-refractivity contribution < 1.29 is 14.3 Å². The quantitative estimate of drug-likeness (QED) is 0.596. The molecule has 0 amide bonds. The summed E-state index contributed by atoms with van der Waals surface area (Å²) in [6, 6.07) is 3.76. The van der Waals surface area contributed by atoms with Gasteiger partial charge in [-0.25, -0.2) is 0 Å². The summed E-state index contributed by atoms with van der Waals surface area (Å²) in [7, 11) is 0. The summed E-state index contributed by atoms with van der Waals surface area (Å²) in [5, 5.41) is 12.8. The number of furan rings is 1. The molecule has 0 spiro atoms. The molecule has 1 unspecified atom stereocenters. The van der Waals surface area contributed by atoms with Crippen LogP contribution >= 0.6 is 0 Å². The Hall–Kier alpha value is -0.840. The molecule has 18 heavy (non-hydrogen) atoms. The standard InChI is InChI=1S/C14H25NO3/c1-2-3-4-5-8-17-12-13(16)10-15-11-14-7-6-9-18-14/h6-7,9,13,15-16H,2-5,8,10-12H2,1H3. The van der Waals surface area contributed by atoms with Gasteiger partial charge in [0, 0.05) is 13.2 Å². The highest BCUT2D eigenvalue weighted by molar-refractivity contribution is 4.97. The van der Waals surface area contributed by atoms with E-state index in [1.165, 1.54) is 19.3 Å². The minimum atomic E-state index is -0.453. The number of aliphatic hydroxyl groups is 1. The topological polar surface area (TPSA) is 54.6 Å². The first kappa shape index (κ1) is 15.2. The summed E-state index contributed by atoms with van der Waals surface area (Å²) in [4.78, 5) is 0. The van der Waals surface area contributed by atoms with E-state index in [1.54, 1.807) is 6.26 Å². The van der Waals surface area contributed by atoms with E-state index < -0.39 is 6.10 Å². The molecule has 1 atom stereocenters. The van der Waals surface area contributed by atoms with Crippen LogP contribution in [-0.4, -0.2) is 31.0 Å². The molecule has 4 heteroatoms. The van der Waals surface area contributed by atoms with E-state index >= 15 is 0 Å². The van der Waals surface area contributed by atoms with Gasteiger partial charge in [0.15, 0.2) is 0 Å². The zero-order chi connectivity index (χ0) is 13.1. The van der Waals surface area contributed by atoms with Crippen molar-refractivity contribution in [3.05, 3.63) is 24.2 Å². The fourth-order valence-corrected chi connectivity index (χ4v) is 1.68. The molecule has 0 fully saturated rings. The average Bonchev–Trinajstić information content (AvgIpc) is 2.87. The maximum Gasteiger partial charge on any atom is 0.117 e. The summed E-state index contributed by atoms with van der Waals surface area (Å²) in [5.41, 5.74) is 0. The van der Waals surface area contributed by atoms with E-state index in [4.69, 9.17) is 9.15 Å². The first-order chi connectivity index (χ1) is 8.83. The van der Waals surface area contributed by atoms with Crippen molar-refractivity contribution in [3.63, 3.8) is 0 Å². The second kappa shape index (κ2) is 10.1. The minimum Gasteiger partial charge on any atom is -0.468 e. The zero-order valence-corrected chi connectivity index (χ0v) is 11.2. The Kier molecular flexibility index (Phi) is 8.55. The smallest absolute Gasteiger partial charge is 0.117 e. The van der Waals surface area contributed by atoms with Crippen molar-refractivity contribution in [2.24, 2.45) is 0 Å². The molecular formula is C14H25NO3. The lowest BCUT2D eigenvalue weighted by Crippen LogP contribution is -2.30. The second-order valence-corrected chi connectivity index (χ2v) is 4.50. The van der Waals surface area contributed by atoms with Crippen LogP contribution in [0.2, 0.25) is 0 Å². The van der Waals surface area contributed by atoms with Crippen LogP contribution in [0.1, 0.15) is 38.4 Å². The number of hydrogen-bond donors (Lipinski definition) is 2. The molecule has 0 aromatic carbocycles. The average molecular weight is 255 g/mol. The van der Waals surface area contributed by atoms with Crippen LogP contribution in [0.4, 0.5) is 0 Å². The Morgan fingerprint density at radius 2 is 2.28 bits per heavy atom. The Morgan fingerprint density at radius 3 is 3.00 bits per heavy atom. The predicted molar refractivity (Wildman–Crippen MR) is 71.4 cm³/mol. The van der Waals surface area contributed by atoms with Crippen LogP contribution in [-0.2, 0) is 11.3 Å². The van der Waals surface area contributed by atoms with Gasteiger partial charge < -0.3 is 19.6 Å². The van der Waals surface area contributed by atoms with Crippen molar-refractivity contribution in [2.45, 2.75) is 45.3 Å². The number of ether oxygens (including phenoxy) is 1. The van der Waals surface area contributed by atoms with Gasteiger partial charge in [0.2, 0.25) is 0 Å². The Bertz CT molecular complexity index is 275. The third kappa shape index (κ3) is 7.48. The maximum absolute atomic E-state index is 9.66. The van der Waals surface area contributed by atoms with Gasteiger partial charge in [-0.2, -0.15) is 0 Å². The van der Waals surface area contributed by atoms with Crippen molar-refractivity contribution in [3.8, 4) is 0 Å². The van der Waals surface area contributed by atoms with Gasteiger partial charge in [-0.15, -0.1) is 0 Å². The molecule has 0 aliphatic heterocycles. The molecule has 104 valence electrons. The van der Waals surface area contributed by atoms with Crippen molar-refractivity contribution >= 4 is 0 Å². The van der Waals surface area contributed by atoms with Gasteiger partial charge in [-0.1, -0.05) is 26.2 Å². The molecule has 1 aromatic heterocycles. The Morgan fingerprint density at radius 1 is 1.39 bits per heavy atom. The molecule has 1 rings (SSSR count). The van der Waals surface area contributed by atoms with Gasteiger partial charge >= 0.3 is 0 Å². The van der Waals surface area contributed by atoms with Crippen LogP contribution in [0.5, 0.6) is 0 Å². The molecule has 0 saturated carbocycles. The van der Waals surface area contributed by atoms with Crippen LogP contribution in [0.3, 0.4) is 0 Å². The van der Waals surface area contributed by atoms with Gasteiger partial charge in [0.25, 0.3) is 0 Å². The Balaban J connectivity index is 1.89. The Labute approximate surface area is 109 Å². The van der Waals surface area contributed by atoms with Crippen LogP contribution in [0.15, 0.2) is 22.8 Å². The molecule has 4 nitrogen and oxygen atoms in total. The number of rotatable bonds is 11. The number of aliphatic hydroxyl groups excluding tert-OH is 1. The van der Waals surface area contributed by atoms with Crippen LogP contribution in [0, 0.1) is 0 Å². The van der Waals surface area contributed by atoms with Gasteiger partial charge in [0.05, 0.1) is 25.5 Å². The monoisotopic (exact) mass is 255 g/mol. The summed E-state index contributed by atoms with van der Waals surface area (Å²) < 4.78 is 10.6. The fourth-order valence-electron chi connectivity index (χ4n) is 1.68. The van der Waals surface area contributed by atoms with E-state index in [9.17, 15) is 5.11 Å². The van der Waals surface area contributed by atoms with Gasteiger partial charge in [-0.05, 0) is 18.6 Å². The first-order valence-corrected chi connectivity index (χ1v) is 6.81. The summed E-state index contributed by atoms with van der Waals surface area (Å²) in [6.45, 7) is 4.50. The molecule has 0 aliphatic rings. The minimum absolute atomic E-state index is 0.400. The van der Waals surface area contributed by atoms with E-state index in [0.717, 1.165) is 18.8 Å². The first-order valence-electron chi connectivity index (χ1n) is 6.81. The largest absolute Gasteiger partial charge is 0.468 e. The van der Waals surface area contributed by atoms with Crippen LogP contribution in [0.25, 0.3) is 0 Å². The third-order valence-corrected chi connectivity index (χ3v) is 2.71. The lowest BCUT2D eigenvalue weighted by atomic mass is 10.2. The van der Waals surface area contributed by atoms with E-state index in [1.807, 2.05) is 12.1 Å². The van der Waals surface area contributed by atoms with Crippen molar-refractivity contribution in [2.75, 3.05) is 19.8 Å². The van der Waals surface area contributed by atoms with Gasteiger partial charge in [-0.3, -0.25) is 0 Å². The third-order valence-electron chi connectivity index (χ3n) is 2.71. The molecule has 1 heterocycles. The molecule has 0 aliphatic carbocycles. The fraction of sp³-hybridized carbons (Fsp3) is 0.714. The van der Waals surface area contributed by atoms with E-state index in [0.29, 0.717) is 19.7 Å². The summed E-state index contributed by atoms with van der Waals surface area (Å²) >= 11 is 0. The molecule has 1 aromatic rings. The number of nitrogens with one attached hydrogen (secondary N) is 1. The van der Waals surface area contributed by atoms with Crippen molar-refractivity contribution in [1.29, 1.82) is 0 Å². The lowest BCUT2D eigenvalue weighted by Gasteiger charge is -2.11. The predicted octanol–water partition coefficient (Wildman–Crippen LogP) is 2.33. The molecule has 0 bridgehead atoms. The van der Waals surface area contributed by atoms with Gasteiger partial charge in [0.1, 0.15) is 5.76 Å². The molecule has 0 radical (unpaired) electrons.